The molecule has 2 N–H and O–H groups in total. The van der Waals surface area contributed by atoms with Gasteiger partial charge in [-0.3, -0.25) is 0 Å². The maximum absolute atomic E-state index is 10.4. The molecule has 22 heavy (non-hydrogen) atoms. The molecule has 0 aromatic heterocycles. The van der Waals surface area contributed by atoms with Crippen molar-refractivity contribution in [2.75, 3.05) is 44.7 Å². The molecule has 0 spiro atoms. The monoisotopic (exact) mass is 306 g/mol. The molecule has 1 heterocycles. The highest BCUT2D eigenvalue weighted by Gasteiger charge is 2.18. The van der Waals surface area contributed by atoms with E-state index in [2.05, 4.69) is 30.0 Å². The molecule has 2 rings (SSSR count). The van der Waals surface area contributed by atoms with Crippen molar-refractivity contribution in [1.29, 1.82) is 0 Å². The van der Waals surface area contributed by atoms with Crippen molar-refractivity contribution in [3.63, 3.8) is 0 Å². The van der Waals surface area contributed by atoms with Gasteiger partial charge in [0.1, 0.15) is 0 Å². The van der Waals surface area contributed by atoms with E-state index in [-0.39, 0.29) is 6.61 Å². The van der Waals surface area contributed by atoms with Crippen LogP contribution in [0.5, 0.6) is 0 Å². The lowest BCUT2D eigenvalue weighted by Crippen LogP contribution is -2.30. The van der Waals surface area contributed by atoms with Crippen LogP contribution in [0.4, 0.5) is 5.69 Å². The summed E-state index contributed by atoms with van der Waals surface area (Å²) in [5, 5.41) is 19.3. The number of benzene rings is 1. The molecule has 1 unspecified atom stereocenters. The van der Waals surface area contributed by atoms with Crippen molar-refractivity contribution in [1.82, 2.24) is 4.90 Å². The Labute approximate surface area is 134 Å². The first-order chi connectivity index (χ1) is 10.7. The Morgan fingerprint density at radius 1 is 1.32 bits per heavy atom. The summed E-state index contributed by atoms with van der Waals surface area (Å²) in [4.78, 5) is 4.51. The smallest absolute Gasteiger partial charge is 0.0802 e. The summed E-state index contributed by atoms with van der Waals surface area (Å²) < 4.78 is 0. The largest absolute Gasteiger partial charge is 0.395 e. The molecule has 1 atom stereocenters. The number of aryl methyl sites for hydroxylation is 1. The van der Waals surface area contributed by atoms with Crippen LogP contribution in [0, 0.1) is 0 Å². The van der Waals surface area contributed by atoms with Gasteiger partial charge in [-0.25, -0.2) is 0 Å². The zero-order valence-corrected chi connectivity index (χ0v) is 14.0. The molecule has 1 aromatic rings. The van der Waals surface area contributed by atoms with E-state index in [0.717, 1.165) is 31.6 Å². The Hall–Kier alpha value is -1.10. The predicted octanol–water partition coefficient (Wildman–Crippen LogP) is 2.20. The van der Waals surface area contributed by atoms with Gasteiger partial charge in [-0.2, -0.15) is 0 Å². The first-order valence-corrected chi connectivity index (χ1v) is 8.51. The molecule has 1 aromatic carbocycles. The fourth-order valence-corrected chi connectivity index (χ4v) is 3.20. The zero-order chi connectivity index (χ0) is 15.9. The number of anilines is 1. The van der Waals surface area contributed by atoms with Crippen LogP contribution >= 0.6 is 0 Å². The predicted molar refractivity (Wildman–Crippen MR) is 91.4 cm³/mol. The normalized spacial score (nSPS) is 16.0. The van der Waals surface area contributed by atoms with Gasteiger partial charge in [0, 0.05) is 31.9 Å². The van der Waals surface area contributed by atoms with Crippen LogP contribution in [0.2, 0.25) is 0 Å². The summed E-state index contributed by atoms with van der Waals surface area (Å²) in [6, 6.07) is 6.44. The molecule has 0 saturated heterocycles. The summed E-state index contributed by atoms with van der Waals surface area (Å²) >= 11 is 0. The Kier molecular flexibility index (Phi) is 6.68. The van der Waals surface area contributed by atoms with Crippen LogP contribution in [-0.4, -0.2) is 54.9 Å². The average molecular weight is 306 g/mol. The van der Waals surface area contributed by atoms with Crippen LogP contribution in [0.3, 0.4) is 0 Å². The van der Waals surface area contributed by atoms with E-state index < -0.39 is 6.10 Å². The van der Waals surface area contributed by atoms with Gasteiger partial charge in [-0.05, 0) is 49.9 Å². The molecule has 0 aliphatic carbocycles. The van der Waals surface area contributed by atoms with E-state index >= 15 is 0 Å². The summed E-state index contributed by atoms with van der Waals surface area (Å²) in [5.41, 5.74) is 3.75. The topological polar surface area (TPSA) is 46.9 Å². The highest BCUT2D eigenvalue weighted by atomic mass is 16.3. The number of fused-ring (bicyclic) bond motifs is 1. The van der Waals surface area contributed by atoms with E-state index in [0.29, 0.717) is 13.0 Å². The van der Waals surface area contributed by atoms with Crippen LogP contribution in [0.15, 0.2) is 18.2 Å². The summed E-state index contributed by atoms with van der Waals surface area (Å²) in [6.07, 6.45) is 3.76. The number of aliphatic hydroxyl groups excluding tert-OH is 2. The Bertz CT molecular complexity index is 464. The van der Waals surface area contributed by atoms with Gasteiger partial charge in [0.2, 0.25) is 0 Å². The third-order valence-electron chi connectivity index (χ3n) is 4.46. The standard InChI is InChI=1S/C18H30N2O2/c1-3-9-20-10-4-5-15-14-16(6-7-17(15)20)18(22)8-11-19(2)12-13-21/h6-7,14,18,21-22H,3-5,8-13H2,1-2H3. The minimum Gasteiger partial charge on any atom is -0.395 e. The maximum atomic E-state index is 10.4. The maximum Gasteiger partial charge on any atom is 0.0802 e. The second-order valence-corrected chi connectivity index (χ2v) is 6.31. The van der Waals surface area contributed by atoms with Crippen LogP contribution in [0.1, 0.15) is 43.4 Å². The molecule has 1 aliphatic heterocycles. The number of hydrogen-bond acceptors (Lipinski definition) is 4. The molecule has 0 amide bonds. The SMILES string of the molecule is CCCN1CCCc2cc(C(O)CCN(C)CCO)ccc21. The van der Waals surface area contributed by atoms with Crippen molar-refractivity contribution in [3.05, 3.63) is 29.3 Å². The Morgan fingerprint density at radius 3 is 2.86 bits per heavy atom. The van der Waals surface area contributed by atoms with Gasteiger partial charge in [-0.1, -0.05) is 19.1 Å². The molecule has 0 bridgehead atoms. The summed E-state index contributed by atoms with van der Waals surface area (Å²) in [5.74, 6) is 0. The number of aliphatic hydroxyl groups is 2. The fourth-order valence-electron chi connectivity index (χ4n) is 3.20. The molecular formula is C18H30N2O2. The first kappa shape index (κ1) is 17.3. The number of likely N-dealkylation sites (N-methyl/N-ethyl adjacent to an activating group) is 1. The van der Waals surface area contributed by atoms with E-state index in [9.17, 15) is 5.11 Å². The molecule has 4 nitrogen and oxygen atoms in total. The van der Waals surface area contributed by atoms with E-state index in [4.69, 9.17) is 5.11 Å². The molecule has 124 valence electrons. The van der Waals surface area contributed by atoms with Crippen LogP contribution in [-0.2, 0) is 6.42 Å². The highest BCUT2D eigenvalue weighted by molar-refractivity contribution is 5.57. The fraction of sp³-hybridized carbons (Fsp3) is 0.667. The van der Waals surface area contributed by atoms with Crippen molar-refractivity contribution >= 4 is 5.69 Å². The average Bonchev–Trinajstić information content (AvgIpc) is 2.53. The van der Waals surface area contributed by atoms with E-state index in [1.807, 2.05) is 11.9 Å². The molecule has 0 fully saturated rings. The molecular weight excluding hydrogens is 276 g/mol. The van der Waals surface area contributed by atoms with Crippen LogP contribution < -0.4 is 4.90 Å². The van der Waals surface area contributed by atoms with Gasteiger partial charge in [0.25, 0.3) is 0 Å². The van der Waals surface area contributed by atoms with Crippen molar-refractivity contribution in [3.8, 4) is 0 Å². The minimum absolute atomic E-state index is 0.165. The van der Waals surface area contributed by atoms with Gasteiger partial charge < -0.3 is 20.0 Å². The second kappa shape index (κ2) is 8.51. The molecule has 4 heteroatoms. The van der Waals surface area contributed by atoms with Crippen LogP contribution in [0.25, 0.3) is 0 Å². The summed E-state index contributed by atoms with van der Waals surface area (Å²) in [6.45, 7) is 6.09. The minimum atomic E-state index is -0.423. The van der Waals surface area contributed by atoms with Crippen molar-refractivity contribution in [2.45, 2.75) is 38.7 Å². The third-order valence-corrected chi connectivity index (χ3v) is 4.46. The number of hydrogen-bond donors (Lipinski definition) is 2. The van der Waals surface area contributed by atoms with Gasteiger partial charge in [0.15, 0.2) is 0 Å². The van der Waals surface area contributed by atoms with E-state index in [1.54, 1.807) is 0 Å². The quantitative estimate of drug-likeness (QED) is 0.773. The van der Waals surface area contributed by atoms with Gasteiger partial charge in [-0.15, -0.1) is 0 Å². The van der Waals surface area contributed by atoms with Gasteiger partial charge in [0.05, 0.1) is 12.7 Å². The zero-order valence-electron chi connectivity index (χ0n) is 14.0. The highest BCUT2D eigenvalue weighted by Crippen LogP contribution is 2.30. The van der Waals surface area contributed by atoms with Crippen molar-refractivity contribution in [2.24, 2.45) is 0 Å². The lowest BCUT2D eigenvalue weighted by atomic mass is 9.96. The second-order valence-electron chi connectivity index (χ2n) is 6.31. The lowest BCUT2D eigenvalue weighted by molar-refractivity contribution is 0.141. The first-order valence-electron chi connectivity index (χ1n) is 8.51. The van der Waals surface area contributed by atoms with E-state index in [1.165, 1.54) is 24.1 Å². The summed E-state index contributed by atoms with van der Waals surface area (Å²) in [7, 11) is 1.97. The molecule has 0 saturated carbocycles. The number of nitrogens with zero attached hydrogens (tertiary/aromatic N) is 2. The molecule has 0 radical (unpaired) electrons. The Morgan fingerprint density at radius 2 is 2.14 bits per heavy atom. The number of rotatable bonds is 8. The van der Waals surface area contributed by atoms with Crippen molar-refractivity contribution < 1.29 is 10.2 Å². The Balaban J connectivity index is 2.00. The van der Waals surface area contributed by atoms with Gasteiger partial charge >= 0.3 is 0 Å². The third kappa shape index (κ3) is 4.45. The lowest BCUT2D eigenvalue weighted by Gasteiger charge is -2.31. The molecule has 1 aliphatic rings.